The molecule has 2 N–H and O–H groups in total. The van der Waals surface area contributed by atoms with Crippen molar-refractivity contribution in [2.45, 2.75) is 39.7 Å². The second kappa shape index (κ2) is 8.07. The summed E-state index contributed by atoms with van der Waals surface area (Å²) in [6.45, 7) is 8.61. The van der Waals surface area contributed by atoms with Gasteiger partial charge in [-0.2, -0.15) is 5.10 Å². The number of amides is 2. The van der Waals surface area contributed by atoms with Gasteiger partial charge < -0.3 is 15.2 Å². The van der Waals surface area contributed by atoms with Crippen LogP contribution in [-0.4, -0.2) is 22.9 Å². The van der Waals surface area contributed by atoms with E-state index in [4.69, 9.17) is 20.3 Å². The van der Waals surface area contributed by atoms with Gasteiger partial charge in [0.15, 0.2) is 0 Å². The Kier molecular flexibility index (Phi) is 5.42. The third-order valence-corrected chi connectivity index (χ3v) is 5.48. The number of hydrogen-bond acceptors (Lipinski definition) is 4. The Labute approximate surface area is 188 Å². The molecule has 32 heavy (non-hydrogen) atoms. The van der Waals surface area contributed by atoms with Crippen LogP contribution in [0.3, 0.4) is 0 Å². The number of carbonyl (C=O) groups excluding carboxylic acids is 1. The van der Waals surface area contributed by atoms with E-state index < -0.39 is 6.03 Å². The first-order valence-corrected chi connectivity index (χ1v) is 10.5. The fourth-order valence-corrected chi connectivity index (χ4v) is 3.71. The lowest BCUT2D eigenvalue weighted by atomic mass is 9.92. The van der Waals surface area contributed by atoms with Gasteiger partial charge in [0.05, 0.1) is 24.2 Å². The third kappa shape index (κ3) is 3.82. The van der Waals surface area contributed by atoms with E-state index in [-0.39, 0.29) is 5.41 Å². The number of nitrogens with zero attached hydrogens (tertiary/aromatic N) is 3. The van der Waals surface area contributed by atoms with Crippen molar-refractivity contribution in [2.75, 3.05) is 12.0 Å². The summed E-state index contributed by atoms with van der Waals surface area (Å²) >= 11 is 0. The quantitative estimate of drug-likeness (QED) is 0.636. The minimum atomic E-state index is -0.635. The fraction of sp³-hybridized carbons (Fsp3) is 0.280. The van der Waals surface area contributed by atoms with Crippen LogP contribution in [-0.2, 0) is 16.8 Å². The van der Waals surface area contributed by atoms with E-state index in [1.54, 1.807) is 18.1 Å². The average molecular weight is 433 g/mol. The summed E-state index contributed by atoms with van der Waals surface area (Å²) in [5.74, 6) is 1.23. The van der Waals surface area contributed by atoms with Gasteiger partial charge >= 0.3 is 6.03 Å². The number of fused-ring (bicyclic) bond motifs is 1. The average Bonchev–Trinajstić information content (AvgIpc) is 3.19. The topological polar surface area (TPSA) is 82.6 Å². The van der Waals surface area contributed by atoms with Crippen LogP contribution in [0.4, 0.5) is 10.6 Å². The number of rotatable bonds is 4. The molecule has 1 aromatic heterocycles. The lowest BCUT2D eigenvalue weighted by Crippen LogP contribution is -2.36. The summed E-state index contributed by atoms with van der Waals surface area (Å²) in [4.78, 5) is 14.3. The van der Waals surface area contributed by atoms with Gasteiger partial charge in [0.1, 0.15) is 24.4 Å². The van der Waals surface area contributed by atoms with Gasteiger partial charge in [0, 0.05) is 22.6 Å². The van der Waals surface area contributed by atoms with Crippen LogP contribution in [0.1, 0.15) is 43.2 Å². The Balaban J connectivity index is 1.92. The highest BCUT2D eigenvalue weighted by Gasteiger charge is 2.31. The van der Waals surface area contributed by atoms with Crippen LogP contribution >= 0.6 is 0 Å². The van der Waals surface area contributed by atoms with E-state index in [2.05, 4.69) is 20.8 Å². The first-order valence-electron chi connectivity index (χ1n) is 10.5. The van der Waals surface area contributed by atoms with E-state index in [1.807, 2.05) is 55.5 Å². The Morgan fingerprint density at radius 1 is 1.19 bits per heavy atom. The SMILES string of the molecule is COc1cccc2c1COC=C2N(C(N)=O)c1cc(C(C)(C)C)nn1-c1ccc(C)cc1. The number of urea groups is 1. The van der Waals surface area contributed by atoms with Gasteiger partial charge in [0.2, 0.25) is 0 Å². The van der Waals surface area contributed by atoms with Crippen LogP contribution in [0.2, 0.25) is 0 Å². The van der Waals surface area contributed by atoms with Gasteiger partial charge in [-0.3, -0.25) is 0 Å². The largest absolute Gasteiger partial charge is 0.496 e. The predicted octanol–water partition coefficient (Wildman–Crippen LogP) is 4.90. The number of ether oxygens (including phenoxy) is 2. The smallest absolute Gasteiger partial charge is 0.325 e. The molecule has 0 spiro atoms. The van der Waals surface area contributed by atoms with Crippen molar-refractivity contribution < 1.29 is 14.3 Å². The molecule has 166 valence electrons. The number of nitrogens with two attached hydrogens (primary N) is 1. The van der Waals surface area contributed by atoms with Gasteiger partial charge in [-0.05, 0) is 25.1 Å². The molecule has 0 radical (unpaired) electrons. The standard InChI is InChI=1S/C25H28N4O3/c1-16-9-11-17(12-10-16)29-23(13-22(27-29)25(2,3)4)28(24(26)30)20-15-32-14-19-18(20)7-6-8-21(19)31-5/h6-13,15H,14H2,1-5H3,(H2,26,30). The molecule has 0 aliphatic carbocycles. The highest BCUT2D eigenvalue weighted by molar-refractivity contribution is 6.04. The molecule has 2 heterocycles. The minimum Gasteiger partial charge on any atom is -0.496 e. The number of carbonyl (C=O) groups is 1. The first-order chi connectivity index (χ1) is 15.2. The van der Waals surface area contributed by atoms with Gasteiger partial charge in [0.25, 0.3) is 0 Å². The number of aromatic nitrogens is 2. The lowest BCUT2D eigenvalue weighted by Gasteiger charge is -2.28. The molecule has 2 amide bonds. The second-order valence-corrected chi connectivity index (χ2v) is 8.86. The van der Waals surface area contributed by atoms with E-state index in [0.29, 0.717) is 23.9 Å². The van der Waals surface area contributed by atoms with Crippen molar-refractivity contribution in [1.82, 2.24) is 9.78 Å². The molecular weight excluding hydrogens is 404 g/mol. The van der Waals surface area contributed by atoms with Crippen LogP contribution < -0.4 is 15.4 Å². The molecule has 0 bridgehead atoms. The Morgan fingerprint density at radius 3 is 2.53 bits per heavy atom. The molecule has 0 saturated heterocycles. The third-order valence-electron chi connectivity index (χ3n) is 5.48. The van der Waals surface area contributed by atoms with Crippen molar-refractivity contribution in [3.05, 3.63) is 77.2 Å². The zero-order chi connectivity index (χ0) is 23.0. The number of primary amides is 1. The summed E-state index contributed by atoms with van der Waals surface area (Å²) in [6.07, 6.45) is 1.57. The molecule has 4 rings (SSSR count). The van der Waals surface area contributed by atoms with Crippen molar-refractivity contribution >= 4 is 17.5 Å². The molecule has 3 aromatic rings. The zero-order valence-electron chi connectivity index (χ0n) is 19.0. The first kappa shape index (κ1) is 21.5. The van der Waals surface area contributed by atoms with Crippen molar-refractivity contribution in [2.24, 2.45) is 5.73 Å². The molecule has 0 fully saturated rings. The number of aryl methyl sites for hydroxylation is 1. The van der Waals surface area contributed by atoms with Gasteiger partial charge in [-0.15, -0.1) is 0 Å². The van der Waals surface area contributed by atoms with E-state index >= 15 is 0 Å². The van der Waals surface area contributed by atoms with E-state index in [1.165, 1.54) is 4.90 Å². The van der Waals surface area contributed by atoms with Crippen LogP contribution in [0, 0.1) is 6.92 Å². The Bertz CT molecular complexity index is 1190. The summed E-state index contributed by atoms with van der Waals surface area (Å²) in [5.41, 5.74) is 10.7. The molecule has 0 saturated carbocycles. The molecule has 0 unspecified atom stereocenters. The number of hydrogen-bond donors (Lipinski definition) is 1. The Hall–Kier alpha value is -3.74. The summed E-state index contributed by atoms with van der Waals surface area (Å²) < 4.78 is 13.0. The molecule has 0 atom stereocenters. The van der Waals surface area contributed by atoms with Crippen LogP contribution in [0.25, 0.3) is 11.4 Å². The number of anilines is 1. The maximum absolute atomic E-state index is 12.8. The van der Waals surface area contributed by atoms with Gasteiger partial charge in [-0.25, -0.2) is 14.4 Å². The molecule has 1 aliphatic rings. The summed E-state index contributed by atoms with van der Waals surface area (Å²) in [5, 5.41) is 4.84. The highest BCUT2D eigenvalue weighted by atomic mass is 16.5. The predicted molar refractivity (Wildman–Crippen MR) is 125 cm³/mol. The van der Waals surface area contributed by atoms with Crippen molar-refractivity contribution in [3.63, 3.8) is 0 Å². The van der Waals surface area contributed by atoms with Crippen molar-refractivity contribution in [3.8, 4) is 11.4 Å². The van der Waals surface area contributed by atoms with Crippen molar-refractivity contribution in [1.29, 1.82) is 0 Å². The minimum absolute atomic E-state index is 0.230. The molecule has 2 aromatic carbocycles. The maximum Gasteiger partial charge on any atom is 0.325 e. The van der Waals surface area contributed by atoms with Crippen LogP contribution in [0.5, 0.6) is 5.75 Å². The van der Waals surface area contributed by atoms with E-state index in [0.717, 1.165) is 28.1 Å². The van der Waals surface area contributed by atoms with E-state index in [9.17, 15) is 4.79 Å². The lowest BCUT2D eigenvalue weighted by molar-refractivity contribution is 0.226. The van der Waals surface area contributed by atoms with Gasteiger partial charge in [-0.1, -0.05) is 50.6 Å². The maximum atomic E-state index is 12.8. The number of benzene rings is 2. The highest BCUT2D eigenvalue weighted by Crippen LogP contribution is 2.38. The Morgan fingerprint density at radius 2 is 1.91 bits per heavy atom. The second-order valence-electron chi connectivity index (χ2n) is 8.86. The van der Waals surface area contributed by atoms with Crippen LogP contribution in [0.15, 0.2) is 54.8 Å². The summed E-state index contributed by atoms with van der Waals surface area (Å²) in [7, 11) is 1.61. The molecule has 7 nitrogen and oxygen atoms in total. The zero-order valence-corrected chi connectivity index (χ0v) is 19.0. The normalized spacial score (nSPS) is 13.1. The monoisotopic (exact) mass is 432 g/mol. The molecule has 7 heteroatoms. The summed E-state index contributed by atoms with van der Waals surface area (Å²) in [6, 6.07) is 14.9. The fourth-order valence-electron chi connectivity index (χ4n) is 3.71. The molecule has 1 aliphatic heterocycles. The number of methoxy groups -OCH3 is 1. The molecular formula is C25H28N4O3.